The molecule has 146 valence electrons. The fourth-order valence-electron chi connectivity index (χ4n) is 2.10. The lowest BCUT2D eigenvalue weighted by atomic mass is 10.1. The van der Waals surface area contributed by atoms with Crippen molar-refractivity contribution < 1.29 is 28.8 Å². The van der Waals surface area contributed by atoms with E-state index in [0.717, 1.165) is 12.8 Å². The number of carbonyl (C=O) groups excluding carboxylic acids is 6. The number of hydrogen-bond donors (Lipinski definition) is 2. The van der Waals surface area contributed by atoms with Gasteiger partial charge in [-0.2, -0.15) is 0 Å². The zero-order valence-corrected chi connectivity index (χ0v) is 15.5. The fraction of sp³-hybridized carbons (Fsp3) is 0.667. The second kappa shape index (κ2) is 13.9. The minimum Gasteiger partial charge on any atom is -0.300 e. The van der Waals surface area contributed by atoms with E-state index in [0.29, 0.717) is 51.4 Å². The Kier molecular flexibility index (Phi) is 12.6. The molecule has 2 aliphatic heterocycles. The average molecular weight is 368 g/mol. The Hall–Kier alpha value is -2.38. The number of carbonyl (C=O) groups is 6. The van der Waals surface area contributed by atoms with E-state index in [4.69, 9.17) is 0 Å². The second-order valence-electron chi connectivity index (χ2n) is 6.02. The molecule has 2 fully saturated rings. The van der Waals surface area contributed by atoms with E-state index in [2.05, 4.69) is 10.6 Å². The maximum Gasteiger partial charge on any atom is 0.227 e. The first-order valence-electron chi connectivity index (χ1n) is 8.97. The normalized spacial score (nSPS) is 15.3. The van der Waals surface area contributed by atoms with Gasteiger partial charge in [-0.3, -0.25) is 39.4 Å². The van der Waals surface area contributed by atoms with Crippen molar-refractivity contribution >= 4 is 35.2 Å². The van der Waals surface area contributed by atoms with Crippen LogP contribution in [0.15, 0.2) is 0 Å². The van der Waals surface area contributed by atoms with Crippen LogP contribution in [0, 0.1) is 0 Å². The van der Waals surface area contributed by atoms with E-state index in [1.807, 2.05) is 13.8 Å². The molecule has 0 unspecified atom stereocenters. The summed E-state index contributed by atoms with van der Waals surface area (Å²) in [6.07, 6.45) is 5.43. The van der Waals surface area contributed by atoms with Crippen molar-refractivity contribution in [3.05, 3.63) is 0 Å². The highest BCUT2D eigenvalue weighted by Crippen LogP contribution is 2.02. The van der Waals surface area contributed by atoms with Gasteiger partial charge in [-0.15, -0.1) is 0 Å². The fourth-order valence-corrected chi connectivity index (χ4v) is 2.10. The molecule has 0 saturated carbocycles. The molecular weight excluding hydrogens is 340 g/mol. The summed E-state index contributed by atoms with van der Waals surface area (Å²) in [7, 11) is 0. The summed E-state index contributed by atoms with van der Waals surface area (Å²) in [5.41, 5.74) is 0. The Morgan fingerprint density at radius 1 is 0.615 bits per heavy atom. The number of imide groups is 2. The average Bonchev–Trinajstić information content (AvgIpc) is 3.14. The third-order valence-corrected chi connectivity index (χ3v) is 3.46. The smallest absolute Gasteiger partial charge is 0.227 e. The molecule has 8 heteroatoms. The highest BCUT2D eigenvalue weighted by molar-refractivity contribution is 6.02. The van der Waals surface area contributed by atoms with Crippen LogP contribution in [0.2, 0.25) is 0 Å². The van der Waals surface area contributed by atoms with Gasteiger partial charge in [0.15, 0.2) is 0 Å². The van der Waals surface area contributed by atoms with E-state index in [1.165, 1.54) is 0 Å². The summed E-state index contributed by atoms with van der Waals surface area (Å²) < 4.78 is 0. The highest BCUT2D eigenvalue weighted by atomic mass is 16.2. The Bertz CT molecular complexity index is 466. The molecular formula is C18H28N2O6. The van der Waals surface area contributed by atoms with E-state index in [9.17, 15) is 28.8 Å². The van der Waals surface area contributed by atoms with E-state index < -0.39 is 0 Å². The minimum atomic E-state index is -0.148. The summed E-state index contributed by atoms with van der Waals surface area (Å²) in [6, 6.07) is 0. The zero-order valence-electron chi connectivity index (χ0n) is 15.5. The molecule has 0 aromatic rings. The predicted molar refractivity (Wildman–Crippen MR) is 93.8 cm³/mol. The predicted octanol–water partition coefficient (Wildman–Crippen LogP) is 1.35. The monoisotopic (exact) mass is 368 g/mol. The van der Waals surface area contributed by atoms with Gasteiger partial charge >= 0.3 is 0 Å². The van der Waals surface area contributed by atoms with Gasteiger partial charge in [0.1, 0.15) is 11.6 Å². The van der Waals surface area contributed by atoms with Gasteiger partial charge in [0.25, 0.3) is 0 Å². The molecule has 0 aliphatic carbocycles. The van der Waals surface area contributed by atoms with Crippen LogP contribution in [-0.2, 0) is 28.8 Å². The summed E-state index contributed by atoms with van der Waals surface area (Å²) in [5, 5.41) is 4.28. The SMILES string of the molecule is CCCC(=O)CCC(=O)CCC.O=C1CCC(=O)N1.O=C1CCC(=O)N1. The molecule has 0 aromatic heterocycles. The molecule has 4 amide bonds. The van der Waals surface area contributed by atoms with Crippen LogP contribution in [0.5, 0.6) is 0 Å². The topological polar surface area (TPSA) is 126 Å². The molecule has 2 saturated heterocycles. The molecule has 2 heterocycles. The second-order valence-corrected chi connectivity index (χ2v) is 6.02. The Morgan fingerprint density at radius 3 is 1.04 bits per heavy atom. The Labute approximate surface area is 153 Å². The molecule has 2 N–H and O–H groups in total. The van der Waals surface area contributed by atoms with Crippen LogP contribution in [0.4, 0.5) is 0 Å². The van der Waals surface area contributed by atoms with Crippen molar-refractivity contribution in [3.63, 3.8) is 0 Å². The van der Waals surface area contributed by atoms with Gasteiger partial charge < -0.3 is 0 Å². The summed E-state index contributed by atoms with van der Waals surface area (Å²) >= 11 is 0. The van der Waals surface area contributed by atoms with Crippen molar-refractivity contribution in [2.45, 2.75) is 78.1 Å². The number of hydrogen-bond acceptors (Lipinski definition) is 6. The van der Waals surface area contributed by atoms with Gasteiger partial charge in [-0.05, 0) is 12.8 Å². The maximum atomic E-state index is 11.0. The number of nitrogens with one attached hydrogen (secondary N) is 2. The lowest BCUT2D eigenvalue weighted by Crippen LogP contribution is -2.18. The van der Waals surface area contributed by atoms with Crippen LogP contribution >= 0.6 is 0 Å². The molecule has 0 atom stereocenters. The number of Topliss-reactive ketones (excluding diaryl/α,β-unsaturated/α-hetero) is 2. The van der Waals surface area contributed by atoms with Crippen molar-refractivity contribution in [1.29, 1.82) is 0 Å². The third kappa shape index (κ3) is 13.0. The standard InChI is InChI=1S/C10H18O2.2C4H5NO2/c1-3-5-9(11)7-8-10(12)6-4-2;2*6-3-1-2-4(7)5-3/h3-8H2,1-2H3;2*1-2H2,(H,5,6,7). The van der Waals surface area contributed by atoms with Gasteiger partial charge in [-0.1, -0.05) is 13.8 Å². The van der Waals surface area contributed by atoms with E-state index in [-0.39, 0.29) is 35.2 Å². The van der Waals surface area contributed by atoms with Crippen molar-refractivity contribution in [3.8, 4) is 0 Å². The lowest BCUT2D eigenvalue weighted by molar-refractivity contribution is -0.126. The maximum absolute atomic E-state index is 11.0. The van der Waals surface area contributed by atoms with Gasteiger partial charge in [0.05, 0.1) is 0 Å². The Morgan fingerprint density at radius 2 is 0.885 bits per heavy atom. The van der Waals surface area contributed by atoms with Crippen LogP contribution in [-0.4, -0.2) is 35.2 Å². The molecule has 0 aromatic carbocycles. The highest BCUT2D eigenvalue weighted by Gasteiger charge is 2.16. The van der Waals surface area contributed by atoms with Gasteiger partial charge in [0, 0.05) is 51.4 Å². The molecule has 2 rings (SSSR count). The molecule has 0 spiro atoms. The zero-order chi connectivity index (χ0) is 19.9. The lowest BCUT2D eigenvalue weighted by Gasteiger charge is -1.97. The third-order valence-electron chi connectivity index (χ3n) is 3.46. The van der Waals surface area contributed by atoms with Crippen LogP contribution in [0.25, 0.3) is 0 Å². The molecule has 0 bridgehead atoms. The van der Waals surface area contributed by atoms with Crippen molar-refractivity contribution in [2.24, 2.45) is 0 Å². The largest absolute Gasteiger partial charge is 0.300 e. The number of ketones is 2. The first kappa shape index (κ1) is 23.6. The summed E-state index contributed by atoms with van der Waals surface area (Å²) in [4.78, 5) is 62.5. The molecule has 2 aliphatic rings. The minimum absolute atomic E-state index is 0.148. The number of rotatable bonds is 7. The molecule has 0 radical (unpaired) electrons. The summed E-state index contributed by atoms with van der Waals surface area (Å²) in [6.45, 7) is 3.96. The quantitative estimate of drug-likeness (QED) is 0.653. The first-order valence-corrected chi connectivity index (χ1v) is 8.97. The van der Waals surface area contributed by atoms with Gasteiger partial charge in [0.2, 0.25) is 23.6 Å². The van der Waals surface area contributed by atoms with Crippen molar-refractivity contribution in [2.75, 3.05) is 0 Å². The number of amides is 4. The van der Waals surface area contributed by atoms with E-state index in [1.54, 1.807) is 0 Å². The molecule has 8 nitrogen and oxygen atoms in total. The molecule has 26 heavy (non-hydrogen) atoms. The Balaban J connectivity index is 0.000000381. The van der Waals surface area contributed by atoms with Gasteiger partial charge in [-0.25, -0.2) is 0 Å². The van der Waals surface area contributed by atoms with Crippen LogP contribution in [0.3, 0.4) is 0 Å². The van der Waals surface area contributed by atoms with Crippen LogP contribution in [0.1, 0.15) is 78.1 Å². The summed E-state index contributed by atoms with van der Waals surface area (Å²) in [5.74, 6) is -0.145. The van der Waals surface area contributed by atoms with Crippen LogP contribution < -0.4 is 10.6 Å². The van der Waals surface area contributed by atoms with E-state index >= 15 is 0 Å². The first-order chi connectivity index (χ1) is 12.3. The van der Waals surface area contributed by atoms with Crippen molar-refractivity contribution in [1.82, 2.24) is 10.6 Å².